The van der Waals surface area contributed by atoms with Crippen LogP contribution in [0.25, 0.3) is 0 Å². The zero-order chi connectivity index (χ0) is 19.7. The summed E-state index contributed by atoms with van der Waals surface area (Å²) in [5.74, 6) is 0. The summed E-state index contributed by atoms with van der Waals surface area (Å²) in [6.07, 6.45) is 4.47. The van der Waals surface area contributed by atoms with Gasteiger partial charge in [0.05, 0.1) is 22.3 Å². The normalized spacial score (nSPS) is 29.4. The van der Waals surface area contributed by atoms with Gasteiger partial charge in [0.25, 0.3) is 0 Å². The van der Waals surface area contributed by atoms with Gasteiger partial charge >= 0.3 is 0 Å². The van der Waals surface area contributed by atoms with E-state index in [2.05, 4.69) is 25.2 Å². The molecule has 0 spiro atoms. The number of nitrogens with zero attached hydrogens (tertiary/aromatic N) is 2. The van der Waals surface area contributed by atoms with Gasteiger partial charge in [-0.1, -0.05) is 20.3 Å². The zero-order valence-corrected chi connectivity index (χ0v) is 16.9. The second-order valence-electron chi connectivity index (χ2n) is 8.22. The lowest BCUT2D eigenvalue weighted by Crippen LogP contribution is -2.43. The molecule has 1 aromatic carbocycles. The van der Waals surface area contributed by atoms with Crippen molar-refractivity contribution in [3.63, 3.8) is 0 Å². The highest BCUT2D eigenvalue weighted by atomic mass is 32.2. The van der Waals surface area contributed by atoms with Crippen LogP contribution in [0, 0.1) is 16.7 Å². The van der Waals surface area contributed by atoms with Crippen molar-refractivity contribution in [2.24, 2.45) is 5.41 Å². The molecular formula is C20H29N3O3S. The van der Waals surface area contributed by atoms with Crippen LogP contribution in [0.15, 0.2) is 23.1 Å². The molecule has 0 bridgehead atoms. The maximum absolute atomic E-state index is 13.1. The Bertz CT molecular complexity index is 825. The molecule has 6 nitrogen and oxygen atoms in total. The number of nitriles is 1. The summed E-state index contributed by atoms with van der Waals surface area (Å²) in [5, 5.41) is 22.6. The van der Waals surface area contributed by atoms with Crippen LogP contribution in [-0.2, 0) is 10.0 Å². The molecule has 1 atom stereocenters. The minimum atomic E-state index is -3.64. The predicted octanol–water partition coefficient (Wildman–Crippen LogP) is 3.08. The van der Waals surface area contributed by atoms with E-state index in [-0.39, 0.29) is 10.9 Å². The molecular weight excluding hydrogens is 362 g/mol. The Labute approximate surface area is 162 Å². The molecule has 0 radical (unpaired) electrons. The summed E-state index contributed by atoms with van der Waals surface area (Å²) >= 11 is 0. The number of aliphatic hydroxyl groups is 1. The van der Waals surface area contributed by atoms with E-state index in [0.717, 1.165) is 19.3 Å². The minimum absolute atomic E-state index is 0.206. The number of nitrogens with one attached hydrogen (secondary N) is 1. The van der Waals surface area contributed by atoms with Gasteiger partial charge in [-0.15, -0.1) is 0 Å². The van der Waals surface area contributed by atoms with Crippen LogP contribution in [0.3, 0.4) is 0 Å². The van der Waals surface area contributed by atoms with Crippen molar-refractivity contribution in [1.29, 1.82) is 5.26 Å². The van der Waals surface area contributed by atoms with Gasteiger partial charge in [0, 0.05) is 19.1 Å². The fraction of sp³-hybridized carbons (Fsp3) is 0.650. The second-order valence-corrected chi connectivity index (χ2v) is 10.2. The number of rotatable bonds is 5. The largest absolute Gasteiger partial charge is 0.393 e. The summed E-state index contributed by atoms with van der Waals surface area (Å²) in [6, 6.07) is 7.11. The molecule has 1 saturated carbocycles. The van der Waals surface area contributed by atoms with Gasteiger partial charge in [-0.25, -0.2) is 8.42 Å². The Morgan fingerprint density at radius 2 is 2.07 bits per heavy atom. The second kappa shape index (κ2) is 7.78. The van der Waals surface area contributed by atoms with E-state index in [0.29, 0.717) is 49.0 Å². The number of anilines is 1. The molecule has 1 aromatic rings. The topological polar surface area (TPSA) is 93.4 Å². The molecule has 1 unspecified atom stereocenters. The maximum Gasteiger partial charge on any atom is 0.243 e. The van der Waals surface area contributed by atoms with Crippen molar-refractivity contribution in [1.82, 2.24) is 4.31 Å². The lowest BCUT2D eigenvalue weighted by Gasteiger charge is -2.45. The smallest absolute Gasteiger partial charge is 0.243 e. The predicted molar refractivity (Wildman–Crippen MR) is 105 cm³/mol. The quantitative estimate of drug-likeness (QED) is 0.804. The van der Waals surface area contributed by atoms with E-state index < -0.39 is 16.1 Å². The third-order valence-electron chi connectivity index (χ3n) is 6.10. The van der Waals surface area contributed by atoms with Crippen LogP contribution in [0.1, 0.15) is 57.9 Å². The Kier molecular flexibility index (Phi) is 5.80. The van der Waals surface area contributed by atoms with E-state index >= 15 is 0 Å². The molecule has 148 valence electrons. The number of sulfonamides is 1. The van der Waals surface area contributed by atoms with Crippen molar-refractivity contribution in [3.05, 3.63) is 23.8 Å². The van der Waals surface area contributed by atoms with Crippen LogP contribution >= 0.6 is 0 Å². The summed E-state index contributed by atoms with van der Waals surface area (Å²) in [5.41, 5.74) is 1.39. The third kappa shape index (κ3) is 4.29. The first-order chi connectivity index (χ1) is 12.8. The average Bonchev–Trinajstić information content (AvgIpc) is 2.85. The first kappa shape index (κ1) is 20.1. The molecule has 7 heteroatoms. The molecule has 0 amide bonds. The Morgan fingerprint density at radius 3 is 2.74 bits per heavy atom. The van der Waals surface area contributed by atoms with E-state index in [1.54, 1.807) is 12.1 Å². The van der Waals surface area contributed by atoms with Crippen molar-refractivity contribution < 1.29 is 13.5 Å². The van der Waals surface area contributed by atoms with Crippen molar-refractivity contribution >= 4 is 15.7 Å². The van der Waals surface area contributed by atoms with Gasteiger partial charge in [-0.2, -0.15) is 9.57 Å². The summed E-state index contributed by atoms with van der Waals surface area (Å²) in [6.45, 7) is 5.18. The average molecular weight is 392 g/mol. The lowest BCUT2D eigenvalue weighted by molar-refractivity contribution is 0.134. The van der Waals surface area contributed by atoms with Gasteiger partial charge in [-0.05, 0) is 55.7 Å². The first-order valence-electron chi connectivity index (χ1n) is 9.76. The van der Waals surface area contributed by atoms with Gasteiger partial charge in [0.15, 0.2) is 0 Å². The fourth-order valence-corrected chi connectivity index (χ4v) is 5.60. The van der Waals surface area contributed by atoms with Gasteiger partial charge in [0.2, 0.25) is 10.0 Å². The van der Waals surface area contributed by atoms with Crippen LogP contribution < -0.4 is 5.32 Å². The third-order valence-corrected chi connectivity index (χ3v) is 7.99. The molecule has 1 aliphatic heterocycles. The Morgan fingerprint density at radius 1 is 1.33 bits per heavy atom. The SMILES string of the molecule is CCC1(C)CC(Nc2cc(S(=O)(=O)N3CCCC(O)CC3)ccc2C#N)C1. The van der Waals surface area contributed by atoms with E-state index in [1.807, 2.05) is 0 Å². The molecule has 0 aromatic heterocycles. The molecule has 2 aliphatic rings. The zero-order valence-electron chi connectivity index (χ0n) is 16.1. The first-order valence-corrected chi connectivity index (χ1v) is 11.2. The maximum atomic E-state index is 13.1. The highest BCUT2D eigenvalue weighted by molar-refractivity contribution is 7.89. The number of hydrogen-bond donors (Lipinski definition) is 2. The molecule has 2 N–H and O–H groups in total. The molecule has 2 fully saturated rings. The highest BCUT2D eigenvalue weighted by Gasteiger charge is 2.39. The molecule has 3 rings (SSSR count). The Balaban J connectivity index is 1.81. The summed E-state index contributed by atoms with van der Waals surface area (Å²) in [7, 11) is -3.64. The van der Waals surface area contributed by atoms with Crippen molar-refractivity contribution in [2.75, 3.05) is 18.4 Å². The van der Waals surface area contributed by atoms with Crippen molar-refractivity contribution in [3.8, 4) is 6.07 Å². The lowest BCUT2D eigenvalue weighted by atomic mass is 9.65. The standard InChI is InChI=1S/C20H29N3O3S/c1-3-20(2)12-16(13-20)22-19-11-18(7-6-15(19)14-21)27(25,26)23-9-4-5-17(24)8-10-23/h6-7,11,16-17,22,24H,3-5,8-10,12-13H2,1-2H3. The summed E-state index contributed by atoms with van der Waals surface area (Å²) < 4.78 is 27.6. The van der Waals surface area contributed by atoms with E-state index in [4.69, 9.17) is 0 Å². The van der Waals surface area contributed by atoms with Gasteiger partial charge in [0.1, 0.15) is 6.07 Å². The monoisotopic (exact) mass is 391 g/mol. The molecule has 27 heavy (non-hydrogen) atoms. The van der Waals surface area contributed by atoms with Crippen LogP contribution in [0.5, 0.6) is 0 Å². The molecule has 1 aliphatic carbocycles. The Hall–Kier alpha value is -1.62. The fourth-order valence-electron chi connectivity index (χ4n) is 4.08. The number of aliphatic hydroxyl groups excluding tert-OH is 1. The van der Waals surface area contributed by atoms with Crippen LogP contribution in [0.2, 0.25) is 0 Å². The van der Waals surface area contributed by atoms with E-state index in [1.165, 1.54) is 10.4 Å². The minimum Gasteiger partial charge on any atom is -0.393 e. The van der Waals surface area contributed by atoms with E-state index in [9.17, 15) is 18.8 Å². The van der Waals surface area contributed by atoms with Gasteiger partial charge < -0.3 is 10.4 Å². The van der Waals surface area contributed by atoms with Crippen LogP contribution in [-0.4, -0.2) is 43.1 Å². The highest BCUT2D eigenvalue weighted by Crippen LogP contribution is 2.45. The van der Waals surface area contributed by atoms with Crippen molar-refractivity contribution in [2.45, 2.75) is 69.4 Å². The number of benzene rings is 1. The number of hydrogen-bond acceptors (Lipinski definition) is 5. The van der Waals surface area contributed by atoms with Crippen LogP contribution in [0.4, 0.5) is 5.69 Å². The molecule has 1 heterocycles. The summed E-state index contributed by atoms with van der Waals surface area (Å²) in [4.78, 5) is 0.206. The molecule has 1 saturated heterocycles. The van der Waals surface area contributed by atoms with Gasteiger partial charge in [-0.3, -0.25) is 0 Å².